The number of thiazole rings is 1. The van der Waals surface area contributed by atoms with E-state index >= 15 is 0 Å². The molecule has 3 aromatic rings. The number of anilines is 1. The van der Waals surface area contributed by atoms with E-state index in [9.17, 15) is 13.0 Å². The second kappa shape index (κ2) is 9.98. The first-order chi connectivity index (χ1) is 15.6. The molecule has 0 saturated heterocycles. The van der Waals surface area contributed by atoms with E-state index in [-0.39, 0.29) is 6.42 Å². The Morgan fingerprint density at radius 3 is 2.64 bits per heavy atom. The maximum atomic E-state index is 11.1. The minimum atomic E-state index is -4.26. The molecule has 10 heteroatoms. The van der Waals surface area contributed by atoms with Crippen molar-refractivity contribution >= 4 is 78.4 Å². The smallest absolute Gasteiger partial charge is 0.262 e. The van der Waals surface area contributed by atoms with Crippen LogP contribution in [0, 0.1) is 0 Å². The zero-order valence-electron chi connectivity index (χ0n) is 18.0. The number of fused-ring (bicyclic) bond motifs is 2. The summed E-state index contributed by atoms with van der Waals surface area (Å²) in [6.07, 6.45) is 5.36. The molecule has 0 amide bonds. The molecule has 2 heterocycles. The molecule has 0 spiro atoms. The lowest BCUT2D eigenvalue weighted by molar-refractivity contribution is -0.642. The monoisotopic (exact) mass is 540 g/mol. The lowest BCUT2D eigenvalue weighted by atomic mass is 10.2. The molecule has 2 aromatic carbocycles. The summed E-state index contributed by atoms with van der Waals surface area (Å²) >= 11 is 15.7. The highest BCUT2D eigenvalue weighted by atomic mass is 35.5. The van der Waals surface area contributed by atoms with Crippen LogP contribution < -0.4 is 9.47 Å². The van der Waals surface area contributed by atoms with Crippen molar-refractivity contribution in [2.24, 2.45) is 7.05 Å². The standard InChI is InChI=1S/C23H22Cl2N2O3S3/c1-3-15(11-22-26(2)18-13-16(24)5-7-20(18)31-22)12-23-27(9-4-10-33(28,29)30)19-14-17(25)6-8-21(19)32-23/h5-8,11-14H,3-4,9-10H2,1-2H3. The van der Waals surface area contributed by atoms with Crippen LogP contribution in [-0.2, 0) is 17.2 Å². The zero-order chi connectivity index (χ0) is 23.8. The molecule has 33 heavy (non-hydrogen) atoms. The number of hydrogen-bond donors (Lipinski definition) is 0. The number of benzene rings is 2. The van der Waals surface area contributed by atoms with Gasteiger partial charge in [-0.1, -0.05) is 53.2 Å². The summed E-state index contributed by atoms with van der Waals surface area (Å²) in [4.78, 5) is 3.10. The highest BCUT2D eigenvalue weighted by Gasteiger charge is 2.26. The molecule has 0 saturated carbocycles. The van der Waals surface area contributed by atoms with Crippen molar-refractivity contribution in [3.05, 3.63) is 68.1 Å². The van der Waals surface area contributed by atoms with E-state index in [1.165, 1.54) is 0 Å². The van der Waals surface area contributed by atoms with Gasteiger partial charge in [0.05, 0.1) is 20.8 Å². The third kappa shape index (κ3) is 5.75. The van der Waals surface area contributed by atoms with Gasteiger partial charge in [-0.05, 0) is 54.8 Å². The summed E-state index contributed by atoms with van der Waals surface area (Å²) in [5.41, 5.74) is 3.14. The normalized spacial score (nSPS) is 15.6. The van der Waals surface area contributed by atoms with Crippen molar-refractivity contribution in [2.75, 3.05) is 17.2 Å². The van der Waals surface area contributed by atoms with Crippen LogP contribution in [0.25, 0.3) is 16.3 Å². The number of halogens is 2. The Balaban J connectivity index is 1.69. The number of aryl methyl sites for hydroxylation is 1. The van der Waals surface area contributed by atoms with Gasteiger partial charge in [0.2, 0.25) is 5.52 Å². The van der Waals surface area contributed by atoms with E-state index < -0.39 is 15.9 Å². The van der Waals surface area contributed by atoms with Crippen molar-refractivity contribution < 1.29 is 17.5 Å². The molecule has 0 bridgehead atoms. The molecule has 0 aliphatic carbocycles. The van der Waals surface area contributed by atoms with Crippen LogP contribution in [0.2, 0.25) is 10.0 Å². The number of allylic oxidation sites excluding steroid dienone is 2. The van der Waals surface area contributed by atoms with Crippen LogP contribution in [-0.4, -0.2) is 25.3 Å². The molecular weight excluding hydrogens is 519 g/mol. The number of rotatable bonds is 7. The fourth-order valence-corrected chi connectivity index (χ4v) is 6.71. The maximum Gasteiger partial charge on any atom is 0.262 e. The molecule has 4 rings (SSSR count). The van der Waals surface area contributed by atoms with E-state index in [0.29, 0.717) is 16.6 Å². The van der Waals surface area contributed by atoms with Crippen molar-refractivity contribution in [1.82, 2.24) is 0 Å². The summed E-state index contributed by atoms with van der Waals surface area (Å²) < 4.78 is 36.6. The molecule has 0 radical (unpaired) electrons. The Labute approximate surface area is 212 Å². The van der Waals surface area contributed by atoms with Gasteiger partial charge in [-0.3, -0.25) is 0 Å². The second-order valence-electron chi connectivity index (χ2n) is 7.65. The van der Waals surface area contributed by atoms with Crippen molar-refractivity contribution in [3.8, 4) is 0 Å². The van der Waals surface area contributed by atoms with Gasteiger partial charge in [0.15, 0.2) is 0 Å². The average Bonchev–Trinajstić information content (AvgIpc) is 3.24. The van der Waals surface area contributed by atoms with Gasteiger partial charge < -0.3 is 9.45 Å². The molecule has 5 nitrogen and oxygen atoms in total. The van der Waals surface area contributed by atoms with E-state index in [1.54, 1.807) is 23.1 Å². The van der Waals surface area contributed by atoms with Gasteiger partial charge in [-0.2, -0.15) is 4.57 Å². The lowest BCUT2D eigenvalue weighted by Crippen LogP contribution is -2.29. The van der Waals surface area contributed by atoms with Gasteiger partial charge in [0.25, 0.3) is 5.01 Å². The Morgan fingerprint density at radius 2 is 1.91 bits per heavy atom. The average molecular weight is 542 g/mol. The third-order valence-electron chi connectivity index (χ3n) is 5.32. The largest absolute Gasteiger partial charge is 0.748 e. The molecule has 0 atom stereocenters. The van der Waals surface area contributed by atoms with E-state index in [2.05, 4.69) is 23.6 Å². The SMILES string of the molecule is CCC(/C=C1\Sc2ccc(Cl)cc2N1CCCS(=O)(=O)[O-])=C\c1sc2ccc(Cl)cc2[n+]1C. The summed E-state index contributed by atoms with van der Waals surface area (Å²) in [5, 5.41) is 3.40. The number of nitrogens with zero attached hydrogens (tertiary/aromatic N) is 2. The first kappa shape index (κ1) is 24.6. The van der Waals surface area contributed by atoms with E-state index in [4.69, 9.17) is 23.2 Å². The minimum absolute atomic E-state index is 0.243. The van der Waals surface area contributed by atoms with Crippen molar-refractivity contribution in [1.29, 1.82) is 0 Å². The molecule has 1 aliphatic heterocycles. The number of aromatic nitrogens is 1. The van der Waals surface area contributed by atoms with Crippen LogP contribution in [0.15, 0.2) is 58.0 Å². The topological polar surface area (TPSA) is 64.3 Å². The first-order valence-corrected chi connectivity index (χ1v) is 14.3. The Bertz CT molecular complexity index is 1380. The molecule has 0 fully saturated rings. The summed E-state index contributed by atoms with van der Waals surface area (Å²) in [5.74, 6) is -0.395. The second-order valence-corrected chi connectivity index (χ2v) is 12.2. The maximum absolute atomic E-state index is 11.1. The van der Waals surface area contributed by atoms with Crippen molar-refractivity contribution in [3.63, 3.8) is 0 Å². The number of hydrogen-bond acceptors (Lipinski definition) is 6. The molecule has 174 valence electrons. The van der Waals surface area contributed by atoms with Crippen molar-refractivity contribution in [2.45, 2.75) is 24.7 Å². The molecule has 0 N–H and O–H groups in total. The van der Waals surface area contributed by atoms with Gasteiger partial charge >= 0.3 is 0 Å². The fraction of sp³-hybridized carbons (Fsp3) is 0.261. The predicted octanol–water partition coefficient (Wildman–Crippen LogP) is 6.22. The molecule has 1 aromatic heterocycles. The predicted molar refractivity (Wildman–Crippen MR) is 138 cm³/mol. The van der Waals surface area contributed by atoms with Crippen LogP contribution in [0.1, 0.15) is 24.8 Å². The van der Waals surface area contributed by atoms with Crippen LogP contribution in [0.5, 0.6) is 0 Å². The molecule has 1 aliphatic rings. The molecular formula is C23H22Cl2N2O3S3. The van der Waals surface area contributed by atoms with Crippen LogP contribution in [0.3, 0.4) is 0 Å². The summed E-state index contributed by atoms with van der Waals surface area (Å²) in [7, 11) is -2.23. The Morgan fingerprint density at radius 1 is 1.18 bits per heavy atom. The van der Waals surface area contributed by atoms with Gasteiger partial charge in [0, 0.05) is 39.4 Å². The van der Waals surface area contributed by atoms with E-state index in [0.717, 1.165) is 42.8 Å². The lowest BCUT2D eigenvalue weighted by Gasteiger charge is -2.21. The number of thioether (sulfide) groups is 1. The quantitative estimate of drug-likeness (QED) is 0.263. The highest BCUT2D eigenvalue weighted by molar-refractivity contribution is 8.03. The Hall–Kier alpha value is -1.55. The Kier molecular flexibility index (Phi) is 7.43. The third-order valence-corrected chi connectivity index (χ3v) is 8.86. The van der Waals surface area contributed by atoms with Gasteiger partial charge in [-0.15, -0.1) is 0 Å². The highest BCUT2D eigenvalue weighted by Crippen LogP contribution is 2.47. The summed E-state index contributed by atoms with van der Waals surface area (Å²) in [6, 6.07) is 11.6. The molecule has 0 unspecified atom stereocenters. The summed E-state index contributed by atoms with van der Waals surface area (Å²) in [6.45, 7) is 2.52. The van der Waals surface area contributed by atoms with E-state index in [1.807, 2.05) is 48.3 Å². The zero-order valence-corrected chi connectivity index (χ0v) is 22.0. The van der Waals surface area contributed by atoms with Gasteiger partial charge in [0.1, 0.15) is 11.7 Å². The van der Waals surface area contributed by atoms with Crippen LogP contribution in [0.4, 0.5) is 5.69 Å². The van der Waals surface area contributed by atoms with Crippen LogP contribution >= 0.6 is 46.3 Å². The van der Waals surface area contributed by atoms with Gasteiger partial charge in [-0.25, -0.2) is 8.42 Å². The first-order valence-electron chi connectivity index (χ1n) is 10.3. The minimum Gasteiger partial charge on any atom is -0.748 e. The fourth-order valence-electron chi connectivity index (χ4n) is 3.64.